The number of aryl methyl sites for hydroxylation is 1. The van der Waals surface area contributed by atoms with Crippen LogP contribution in [0.1, 0.15) is 55.4 Å². The zero-order valence-electron chi connectivity index (χ0n) is 23.7. The van der Waals surface area contributed by atoms with Gasteiger partial charge in [0, 0.05) is 45.0 Å². The number of carbonyl (C=O) groups excluding carboxylic acids is 1. The first-order chi connectivity index (χ1) is 20.7. The first-order valence-corrected chi connectivity index (χ1v) is 14.5. The molecule has 3 heterocycles. The number of nitrogens with zero attached hydrogens (tertiary/aromatic N) is 6. The minimum atomic E-state index is -4.99. The van der Waals surface area contributed by atoms with E-state index in [2.05, 4.69) is 25.3 Å². The second-order valence-corrected chi connectivity index (χ2v) is 11.2. The summed E-state index contributed by atoms with van der Waals surface area (Å²) >= 11 is 12.4. The van der Waals surface area contributed by atoms with Crippen LogP contribution in [-0.4, -0.2) is 51.0 Å². The van der Waals surface area contributed by atoms with Crippen molar-refractivity contribution in [2.75, 3.05) is 22.9 Å². The SMILES string of the molecule is CCC1C[C@H](N(Cc2cc(C(F)(F)F)cc(C(F)(F)F)c2)c2ncc(CCCNC(C)=O)cn2)CN1c1nc(Cl)ncc1Cl. The number of alkyl halides is 6. The number of aromatic nitrogens is 4. The molecule has 16 heteroatoms. The van der Waals surface area contributed by atoms with Gasteiger partial charge < -0.3 is 15.1 Å². The fourth-order valence-electron chi connectivity index (χ4n) is 5.16. The predicted molar refractivity (Wildman–Crippen MR) is 154 cm³/mol. The maximum absolute atomic E-state index is 13.6. The van der Waals surface area contributed by atoms with Crippen LogP contribution in [0.3, 0.4) is 0 Å². The first kappa shape index (κ1) is 33.5. The van der Waals surface area contributed by atoms with Gasteiger partial charge in [0.2, 0.25) is 17.1 Å². The summed E-state index contributed by atoms with van der Waals surface area (Å²) in [6.07, 6.45) is -3.24. The zero-order chi connectivity index (χ0) is 32.2. The quantitative estimate of drug-likeness (QED) is 0.146. The normalized spacial score (nSPS) is 17.2. The van der Waals surface area contributed by atoms with Crippen molar-refractivity contribution in [1.29, 1.82) is 0 Å². The Balaban J connectivity index is 1.70. The van der Waals surface area contributed by atoms with Gasteiger partial charge in [-0.3, -0.25) is 4.79 Å². The van der Waals surface area contributed by atoms with E-state index in [-0.39, 0.29) is 52.9 Å². The molecule has 1 aliphatic heterocycles. The van der Waals surface area contributed by atoms with Gasteiger partial charge in [0.1, 0.15) is 5.02 Å². The molecule has 3 aromatic rings. The average molecular weight is 664 g/mol. The highest BCUT2D eigenvalue weighted by molar-refractivity contribution is 6.33. The number of amides is 1. The fourth-order valence-corrected chi connectivity index (χ4v) is 5.48. The summed E-state index contributed by atoms with van der Waals surface area (Å²) in [5, 5.41) is 2.91. The molecule has 2 aromatic heterocycles. The molecule has 1 fully saturated rings. The Labute approximate surface area is 259 Å². The highest BCUT2D eigenvalue weighted by Gasteiger charge is 2.40. The number of halogens is 8. The van der Waals surface area contributed by atoms with Crippen LogP contribution in [0, 0.1) is 0 Å². The molecule has 0 saturated carbocycles. The number of hydrogen-bond donors (Lipinski definition) is 1. The van der Waals surface area contributed by atoms with Gasteiger partial charge in [-0.2, -0.15) is 31.3 Å². The molecule has 1 unspecified atom stereocenters. The van der Waals surface area contributed by atoms with Gasteiger partial charge >= 0.3 is 12.4 Å². The Kier molecular flexibility index (Phi) is 10.4. The fraction of sp³-hybridized carbons (Fsp3) is 0.464. The molecular formula is C28H29Cl2F6N7O. The van der Waals surface area contributed by atoms with Gasteiger partial charge in [-0.25, -0.2) is 15.0 Å². The molecule has 1 N–H and O–H groups in total. The van der Waals surface area contributed by atoms with Crippen LogP contribution >= 0.6 is 23.2 Å². The topological polar surface area (TPSA) is 87.1 Å². The van der Waals surface area contributed by atoms with E-state index in [1.165, 1.54) is 13.1 Å². The van der Waals surface area contributed by atoms with Gasteiger partial charge in [0.25, 0.3) is 0 Å². The van der Waals surface area contributed by atoms with E-state index < -0.39 is 29.5 Å². The third kappa shape index (κ3) is 8.40. The number of rotatable bonds is 10. The second-order valence-electron chi connectivity index (χ2n) is 10.4. The first-order valence-electron chi connectivity index (χ1n) is 13.7. The molecule has 0 aliphatic carbocycles. The number of carbonyl (C=O) groups is 1. The molecule has 8 nitrogen and oxygen atoms in total. The van der Waals surface area contributed by atoms with Crippen LogP contribution < -0.4 is 15.1 Å². The predicted octanol–water partition coefficient (Wildman–Crippen LogP) is 6.74. The third-order valence-corrected chi connectivity index (χ3v) is 7.69. The maximum Gasteiger partial charge on any atom is 0.416 e. The summed E-state index contributed by atoms with van der Waals surface area (Å²) in [5.41, 5.74) is -2.26. The Hall–Kier alpha value is -3.39. The van der Waals surface area contributed by atoms with Crippen LogP contribution in [0.2, 0.25) is 10.3 Å². The van der Waals surface area contributed by atoms with E-state index in [0.29, 0.717) is 50.2 Å². The lowest BCUT2D eigenvalue weighted by Gasteiger charge is -2.30. The smallest absolute Gasteiger partial charge is 0.356 e. The summed E-state index contributed by atoms with van der Waals surface area (Å²) in [7, 11) is 0. The lowest BCUT2D eigenvalue weighted by molar-refractivity contribution is -0.143. The van der Waals surface area contributed by atoms with Crippen LogP contribution in [-0.2, 0) is 30.1 Å². The van der Waals surface area contributed by atoms with E-state index in [4.69, 9.17) is 23.2 Å². The molecule has 2 atom stereocenters. The number of nitrogens with one attached hydrogen (secondary N) is 1. The van der Waals surface area contributed by atoms with Crippen molar-refractivity contribution in [1.82, 2.24) is 25.3 Å². The molecule has 4 rings (SSSR count). The minimum absolute atomic E-state index is 0.0272. The maximum atomic E-state index is 13.6. The lowest BCUT2D eigenvalue weighted by atomic mass is 10.0. The van der Waals surface area contributed by atoms with Gasteiger partial charge in [0.15, 0.2) is 5.82 Å². The van der Waals surface area contributed by atoms with E-state index >= 15 is 0 Å². The summed E-state index contributed by atoms with van der Waals surface area (Å²) in [6, 6.07) is 0.948. The van der Waals surface area contributed by atoms with E-state index in [0.717, 1.165) is 5.56 Å². The van der Waals surface area contributed by atoms with Crippen molar-refractivity contribution in [3.05, 3.63) is 69.3 Å². The molecule has 1 aromatic carbocycles. The van der Waals surface area contributed by atoms with Crippen molar-refractivity contribution < 1.29 is 31.1 Å². The van der Waals surface area contributed by atoms with Gasteiger partial charge in [-0.15, -0.1) is 0 Å². The zero-order valence-corrected chi connectivity index (χ0v) is 25.2. The Morgan fingerprint density at radius 1 is 1.00 bits per heavy atom. The molecule has 0 bridgehead atoms. The summed E-state index contributed by atoms with van der Waals surface area (Å²) in [6.45, 7) is 3.73. The van der Waals surface area contributed by atoms with Crippen molar-refractivity contribution in [2.24, 2.45) is 0 Å². The molecule has 1 saturated heterocycles. The van der Waals surface area contributed by atoms with Gasteiger partial charge in [-0.05, 0) is 66.6 Å². The van der Waals surface area contributed by atoms with Crippen LogP contribution in [0.25, 0.3) is 0 Å². The summed E-state index contributed by atoms with van der Waals surface area (Å²) in [5.74, 6) is 0.349. The van der Waals surface area contributed by atoms with E-state index in [1.54, 1.807) is 17.3 Å². The highest BCUT2D eigenvalue weighted by Crippen LogP contribution is 2.38. The molecule has 1 amide bonds. The van der Waals surface area contributed by atoms with Gasteiger partial charge in [-0.1, -0.05) is 18.5 Å². The van der Waals surface area contributed by atoms with Crippen molar-refractivity contribution in [2.45, 2.75) is 70.5 Å². The van der Waals surface area contributed by atoms with E-state index in [9.17, 15) is 31.1 Å². The van der Waals surface area contributed by atoms with Crippen LogP contribution in [0.4, 0.5) is 38.1 Å². The molecule has 0 spiro atoms. The molecular weight excluding hydrogens is 635 g/mol. The van der Waals surface area contributed by atoms with Crippen LogP contribution in [0.5, 0.6) is 0 Å². The number of hydrogen-bond acceptors (Lipinski definition) is 7. The lowest BCUT2D eigenvalue weighted by Crippen LogP contribution is -2.39. The Morgan fingerprint density at radius 3 is 2.20 bits per heavy atom. The summed E-state index contributed by atoms with van der Waals surface area (Å²) in [4.78, 5) is 31.6. The Morgan fingerprint density at radius 2 is 1.64 bits per heavy atom. The molecule has 1 aliphatic rings. The second kappa shape index (κ2) is 13.7. The highest BCUT2D eigenvalue weighted by atomic mass is 35.5. The minimum Gasteiger partial charge on any atom is -0.356 e. The van der Waals surface area contributed by atoms with Crippen molar-refractivity contribution in [3.63, 3.8) is 0 Å². The van der Waals surface area contributed by atoms with E-state index in [1.807, 2.05) is 11.8 Å². The largest absolute Gasteiger partial charge is 0.416 e. The molecule has 44 heavy (non-hydrogen) atoms. The van der Waals surface area contributed by atoms with Crippen LogP contribution in [0.15, 0.2) is 36.8 Å². The number of benzene rings is 1. The molecule has 0 radical (unpaired) electrons. The Bertz CT molecular complexity index is 1420. The average Bonchev–Trinajstić information content (AvgIpc) is 3.38. The van der Waals surface area contributed by atoms with Gasteiger partial charge in [0.05, 0.1) is 23.4 Å². The third-order valence-electron chi connectivity index (χ3n) is 7.24. The standard InChI is InChI=1S/C28H29Cl2F6N7O/c1-3-21-10-22(15-42(21)24-23(29)13-38-25(30)41-24)43(26-39-11-17(12-40-26)5-4-6-37-16(2)44)14-18-7-19(27(31,32)33)9-20(8-18)28(34,35)36/h7-9,11-13,21-22H,3-6,10,14-15H2,1-2H3,(H,37,44)/t21?,22-/m0/s1. The summed E-state index contributed by atoms with van der Waals surface area (Å²) < 4.78 is 81.9. The molecule has 238 valence electrons. The number of anilines is 2. The van der Waals surface area contributed by atoms with Crippen molar-refractivity contribution in [3.8, 4) is 0 Å². The monoisotopic (exact) mass is 663 g/mol. The van der Waals surface area contributed by atoms with Crippen molar-refractivity contribution >= 4 is 40.9 Å².